The fourth-order valence-corrected chi connectivity index (χ4v) is 15.8. The lowest BCUT2D eigenvalue weighted by atomic mass is 9.82. The van der Waals surface area contributed by atoms with Crippen molar-refractivity contribution in [3.63, 3.8) is 0 Å². The molecule has 0 spiro atoms. The maximum absolute atomic E-state index is 13.4. The van der Waals surface area contributed by atoms with E-state index in [1.54, 1.807) is 93.0 Å². The van der Waals surface area contributed by atoms with Crippen molar-refractivity contribution in [1.82, 2.24) is 31.1 Å². The van der Waals surface area contributed by atoms with Crippen LogP contribution in [0.4, 0.5) is 0 Å². The molecular weight excluding hydrogens is 1770 g/mol. The number of carbonyl (C=O) groups excluding carboxylic acids is 10. The number of amides is 6. The Kier molecular flexibility index (Phi) is 35.9. The quantitative estimate of drug-likeness (QED) is 0.0323. The first-order valence-corrected chi connectivity index (χ1v) is 44.3. The van der Waals surface area contributed by atoms with Crippen LogP contribution < -0.4 is 21.3 Å². The highest BCUT2D eigenvalue weighted by molar-refractivity contribution is 6.32. The Bertz CT molecular complexity index is 5880. The summed E-state index contributed by atoms with van der Waals surface area (Å²) in [6, 6.07) is 93.2. The van der Waals surface area contributed by atoms with E-state index in [1.807, 2.05) is 243 Å². The van der Waals surface area contributed by atoms with Gasteiger partial charge < -0.3 is 54.8 Å². The van der Waals surface area contributed by atoms with Gasteiger partial charge in [-0.3, -0.25) is 28.8 Å². The van der Waals surface area contributed by atoms with Gasteiger partial charge in [-0.15, -0.1) is 0 Å². The zero-order valence-electron chi connectivity index (χ0n) is 72.4. The van der Waals surface area contributed by atoms with Crippen molar-refractivity contribution in [2.75, 3.05) is 27.8 Å². The molecular formula is C106H95Cl5N6O15. The molecule has 5 atom stereocenters. The highest BCUT2D eigenvalue weighted by Gasteiger charge is 2.40. The van der Waals surface area contributed by atoms with E-state index in [4.69, 9.17) is 81.7 Å². The molecule has 0 radical (unpaired) electrons. The second-order valence-electron chi connectivity index (χ2n) is 31.1. The van der Waals surface area contributed by atoms with Gasteiger partial charge in [0.25, 0.3) is 0 Å². The van der Waals surface area contributed by atoms with Crippen molar-refractivity contribution in [2.24, 2.45) is 0 Å². The summed E-state index contributed by atoms with van der Waals surface area (Å²) < 4.78 is 27.3. The van der Waals surface area contributed by atoms with E-state index in [2.05, 4.69) is 21.3 Å². The molecule has 0 aliphatic carbocycles. The van der Waals surface area contributed by atoms with Gasteiger partial charge in [0.15, 0.2) is 0 Å². The molecule has 5 aliphatic rings. The van der Waals surface area contributed by atoms with E-state index in [1.165, 1.54) is 17.3 Å². The predicted molar refractivity (Wildman–Crippen MR) is 508 cm³/mol. The zero-order chi connectivity index (χ0) is 93.4. The van der Waals surface area contributed by atoms with Crippen molar-refractivity contribution in [3.05, 3.63) is 442 Å². The third-order valence-electron chi connectivity index (χ3n) is 22.1. The van der Waals surface area contributed by atoms with Crippen LogP contribution in [0.25, 0.3) is 5.70 Å². The maximum Gasteiger partial charge on any atom is 0.337 e. The van der Waals surface area contributed by atoms with Gasteiger partial charge in [-0.05, 0) is 122 Å². The normalized spacial score (nSPS) is 16.8. The molecule has 0 saturated heterocycles. The first kappa shape index (κ1) is 97.3. The summed E-state index contributed by atoms with van der Waals surface area (Å²) in [7, 11) is 4.92. The van der Waals surface area contributed by atoms with Gasteiger partial charge in [0.1, 0.15) is 26.4 Å². The molecule has 0 aromatic heterocycles. The maximum atomic E-state index is 13.4. The molecule has 674 valence electrons. The number of nitrogens with zero attached hydrogens (tertiary/aromatic N) is 2. The minimum absolute atomic E-state index is 0.0421. The highest BCUT2D eigenvalue weighted by Crippen LogP contribution is 2.43. The van der Waals surface area contributed by atoms with Crippen molar-refractivity contribution in [1.29, 1.82) is 0 Å². The molecule has 5 aliphatic heterocycles. The van der Waals surface area contributed by atoms with Crippen LogP contribution in [0.3, 0.4) is 0 Å². The fourth-order valence-electron chi connectivity index (χ4n) is 15.2. The molecule has 0 saturated carbocycles. The zero-order valence-corrected chi connectivity index (χ0v) is 76.2. The highest BCUT2D eigenvalue weighted by atomic mass is 35.5. The predicted octanol–water partition coefficient (Wildman–Crippen LogP) is 20.0. The van der Waals surface area contributed by atoms with Crippen molar-refractivity contribution < 1.29 is 71.6 Å². The van der Waals surface area contributed by atoms with Gasteiger partial charge in [0.2, 0.25) is 35.4 Å². The molecule has 132 heavy (non-hydrogen) atoms. The second-order valence-corrected chi connectivity index (χ2v) is 33.3. The van der Waals surface area contributed by atoms with E-state index in [0.29, 0.717) is 83.9 Å². The van der Waals surface area contributed by atoms with Crippen LogP contribution in [0.1, 0.15) is 129 Å². The molecule has 0 bridgehead atoms. The minimum Gasteiger partial charge on any atom is -0.457 e. The van der Waals surface area contributed by atoms with Gasteiger partial charge in [0, 0.05) is 151 Å². The Hall–Kier alpha value is -13.8. The van der Waals surface area contributed by atoms with E-state index in [9.17, 15) is 47.9 Å². The third-order valence-corrected chi connectivity index (χ3v) is 23.4. The standard InChI is InChI=1S/C26H22ClNO3.C22H22ClNO4.C20H18ClNO3.C19H17ClN2O2.C19H16ClNO3/c1-28-23(29)16-22(19-12-14-21(27)15-13-19)24(25(28)20-10-6-3-7-11-20)26(30)31-17-18-8-4-2-5-9-18;1-27-12-11-19-21(22(26)28-14-15-5-3-2-4-6-15)18(13-20(25)24-19)16-7-9-17(23)10-8-16;1-22-12-18(20(24)25-13-14-5-3-2-4-6-14)17(11-19(22)23)15-7-9-16(21)10-8-15;20-15-8-6-14(7-9-15)16-10-18(23)21-12-17(16)19(24)22-11-13-4-2-1-3-5-13;20-15-8-6-14(7-9-15)16-10-18(22)21-11-17(16)19(23)24-12-13-4-2-1-3-5-13/h2-15,22H,16-17H2,1H3;2-10,18H,11-14H2,1H3,(H,24,25);2-10,12,17H,11,13H2,1H3;1-9,12,16H,10-11H2,(H,21,23)(H,22,24);1-9,11,16H,10,12H2,(H,21,22). The number of nitrogens with one attached hydrogen (secondary N) is 4. The van der Waals surface area contributed by atoms with Crippen LogP contribution in [0.5, 0.6) is 0 Å². The summed E-state index contributed by atoms with van der Waals surface area (Å²) in [6.45, 7) is 1.55. The van der Waals surface area contributed by atoms with Crippen LogP contribution in [0, 0.1) is 0 Å². The molecule has 16 rings (SSSR count). The summed E-state index contributed by atoms with van der Waals surface area (Å²) in [6.07, 6.45) is 5.97. The molecule has 4 N–H and O–H groups in total. The van der Waals surface area contributed by atoms with Gasteiger partial charge >= 0.3 is 23.9 Å². The topological polar surface area (TPSA) is 271 Å². The third kappa shape index (κ3) is 27.9. The summed E-state index contributed by atoms with van der Waals surface area (Å²) in [4.78, 5) is 128. The van der Waals surface area contributed by atoms with Crippen LogP contribution in [0.15, 0.2) is 355 Å². The lowest BCUT2D eigenvalue weighted by Gasteiger charge is -2.34. The van der Waals surface area contributed by atoms with E-state index < -0.39 is 29.8 Å². The molecule has 11 aromatic carbocycles. The molecule has 5 heterocycles. The largest absolute Gasteiger partial charge is 0.457 e. The van der Waals surface area contributed by atoms with Crippen molar-refractivity contribution >= 4 is 123 Å². The van der Waals surface area contributed by atoms with Gasteiger partial charge in [-0.25, -0.2) is 19.2 Å². The van der Waals surface area contributed by atoms with Crippen molar-refractivity contribution in [2.45, 2.75) is 101 Å². The Labute approximate surface area is 791 Å². The number of hydrogen-bond acceptors (Lipinski definition) is 15. The summed E-state index contributed by atoms with van der Waals surface area (Å²) in [5.74, 6) is -4.10. The van der Waals surface area contributed by atoms with Gasteiger partial charge in [-0.2, -0.15) is 0 Å². The number of halogens is 5. The SMILES string of the molecule is CN1C(=O)CC(c2ccc(Cl)cc2)C(C(=O)OCc2ccccc2)=C1c1ccccc1.CN1C=C(C(=O)OCc2ccccc2)C(c2ccc(Cl)cc2)CC1=O.COCCC1=C(C(=O)OCc2ccccc2)C(c2ccc(Cl)cc2)CC(=O)N1.O=C1CC(c2ccc(Cl)cc2)C(C(=O)NCc2ccccc2)=CN1.O=C1CC(c2ccc(Cl)cc2)C(C(=O)OCc2ccccc2)=CN1. The first-order chi connectivity index (χ1) is 63.9. The molecule has 11 aromatic rings. The Balaban J connectivity index is 0.000000149. The van der Waals surface area contributed by atoms with Crippen molar-refractivity contribution in [3.8, 4) is 0 Å². The number of carbonyl (C=O) groups is 10. The van der Waals surface area contributed by atoms with Gasteiger partial charge in [-0.1, -0.05) is 301 Å². The van der Waals surface area contributed by atoms with Crippen LogP contribution in [0.2, 0.25) is 25.1 Å². The smallest absolute Gasteiger partial charge is 0.337 e. The lowest BCUT2D eigenvalue weighted by molar-refractivity contribution is -0.142. The number of hydrogen-bond donors (Lipinski definition) is 4. The molecule has 6 amide bonds. The van der Waals surface area contributed by atoms with Crippen LogP contribution in [-0.2, 0) is 105 Å². The van der Waals surface area contributed by atoms with E-state index in [-0.39, 0.29) is 118 Å². The summed E-state index contributed by atoms with van der Waals surface area (Å²) in [5, 5.41) is 14.0. The van der Waals surface area contributed by atoms with Crippen LogP contribution in [-0.4, -0.2) is 96.9 Å². The van der Waals surface area contributed by atoms with E-state index in [0.717, 1.165) is 61.2 Å². The lowest BCUT2D eigenvalue weighted by Crippen LogP contribution is -2.36. The molecule has 5 unspecified atom stereocenters. The summed E-state index contributed by atoms with van der Waals surface area (Å²) in [5.41, 5.74) is 13.3. The molecule has 0 fully saturated rings. The number of esters is 4. The van der Waals surface area contributed by atoms with Crippen LogP contribution >= 0.6 is 58.0 Å². The number of rotatable bonds is 24. The monoisotopic (exact) mass is 1870 g/mol. The first-order valence-electron chi connectivity index (χ1n) is 42.4. The number of ether oxygens (including phenoxy) is 5. The number of methoxy groups -OCH3 is 1. The molecule has 21 nitrogen and oxygen atoms in total. The minimum atomic E-state index is -0.435. The summed E-state index contributed by atoms with van der Waals surface area (Å²) >= 11 is 29.8. The fraction of sp³-hybridized carbons (Fsp3) is 0.189. The van der Waals surface area contributed by atoms with Gasteiger partial charge in [0.05, 0.1) is 34.6 Å². The van der Waals surface area contributed by atoms with E-state index >= 15 is 0 Å². The second kappa shape index (κ2) is 48.8. The average molecular weight is 1870 g/mol. The Morgan fingerprint density at radius 1 is 0.356 bits per heavy atom. The Morgan fingerprint density at radius 3 is 1.08 bits per heavy atom. The Morgan fingerprint density at radius 2 is 0.674 bits per heavy atom. The number of benzene rings is 11. The molecule has 26 heteroatoms. The average Bonchev–Trinajstić information content (AvgIpc) is 0.759.